The number of thiazole rings is 1. The van der Waals surface area contributed by atoms with E-state index in [1.54, 1.807) is 6.92 Å². The van der Waals surface area contributed by atoms with Crippen LogP contribution in [0.25, 0.3) is 0 Å². The third kappa shape index (κ3) is 2.74. The number of aryl methyl sites for hydroxylation is 2. The predicted octanol–water partition coefficient (Wildman–Crippen LogP) is 2.08. The van der Waals surface area contributed by atoms with E-state index in [9.17, 15) is 4.79 Å². The fraction of sp³-hybridized carbons (Fsp3) is 0.733. The average Bonchev–Trinajstić information content (AvgIpc) is 2.90. The molecule has 2 heterocycles. The monoisotopic (exact) mass is 293 g/mol. The third-order valence-electron chi connectivity index (χ3n) is 4.33. The summed E-state index contributed by atoms with van der Waals surface area (Å²) in [5.74, 6) is 0.498. The molecule has 0 saturated carbocycles. The molecular formula is C15H23N3OS. The van der Waals surface area contributed by atoms with Crippen molar-refractivity contribution in [2.45, 2.75) is 57.4 Å². The van der Waals surface area contributed by atoms with Crippen LogP contribution >= 0.6 is 11.3 Å². The highest BCUT2D eigenvalue weighted by Crippen LogP contribution is 2.34. The van der Waals surface area contributed by atoms with Crippen LogP contribution in [0, 0.1) is 0 Å². The minimum atomic E-state index is -0.391. The zero-order valence-electron chi connectivity index (χ0n) is 12.1. The number of nitrogens with two attached hydrogens (primary N) is 1. The Kier molecular flexibility index (Phi) is 4.08. The van der Waals surface area contributed by atoms with Crippen molar-refractivity contribution in [3.8, 4) is 0 Å². The average molecular weight is 293 g/mol. The number of nitrogens with zero attached hydrogens (tertiary/aromatic N) is 2. The highest BCUT2D eigenvalue weighted by molar-refractivity contribution is 7.11. The zero-order chi connectivity index (χ0) is 14.1. The first-order chi connectivity index (χ1) is 9.65. The Balaban J connectivity index is 1.73. The maximum absolute atomic E-state index is 12.1. The molecule has 1 saturated heterocycles. The van der Waals surface area contributed by atoms with E-state index in [2.05, 4.69) is 0 Å². The minimum absolute atomic E-state index is 0.0796. The van der Waals surface area contributed by atoms with Crippen LogP contribution < -0.4 is 5.73 Å². The van der Waals surface area contributed by atoms with Gasteiger partial charge in [-0.25, -0.2) is 4.98 Å². The molecule has 1 fully saturated rings. The van der Waals surface area contributed by atoms with Crippen molar-refractivity contribution in [1.82, 2.24) is 9.88 Å². The molecule has 2 aliphatic rings. The van der Waals surface area contributed by atoms with E-state index in [-0.39, 0.29) is 5.91 Å². The third-order valence-corrected chi connectivity index (χ3v) is 5.65. The van der Waals surface area contributed by atoms with Gasteiger partial charge in [0.1, 0.15) is 0 Å². The first kappa shape index (κ1) is 14.0. The van der Waals surface area contributed by atoms with Crippen molar-refractivity contribution < 1.29 is 4.79 Å². The Morgan fingerprint density at radius 1 is 1.40 bits per heavy atom. The Hall–Kier alpha value is -0.940. The molecule has 1 aromatic rings. The van der Waals surface area contributed by atoms with E-state index in [0.717, 1.165) is 32.4 Å². The molecule has 1 aromatic heterocycles. The summed E-state index contributed by atoms with van der Waals surface area (Å²) in [6, 6.07) is -0.391. The van der Waals surface area contributed by atoms with Gasteiger partial charge >= 0.3 is 0 Å². The fourth-order valence-corrected chi connectivity index (χ4v) is 4.49. The molecule has 0 bridgehead atoms. The number of carbonyl (C=O) groups excluding carboxylic acids is 1. The molecule has 5 heteroatoms. The molecule has 4 nitrogen and oxygen atoms in total. The number of aromatic nitrogens is 1. The first-order valence-electron chi connectivity index (χ1n) is 7.68. The number of rotatable bonds is 2. The number of hydrogen-bond donors (Lipinski definition) is 1. The van der Waals surface area contributed by atoms with Crippen molar-refractivity contribution in [3.05, 3.63) is 15.6 Å². The summed E-state index contributed by atoms with van der Waals surface area (Å²) in [7, 11) is 0. The van der Waals surface area contributed by atoms with Crippen LogP contribution in [0.4, 0.5) is 0 Å². The summed E-state index contributed by atoms with van der Waals surface area (Å²) >= 11 is 1.88. The smallest absolute Gasteiger partial charge is 0.239 e. The van der Waals surface area contributed by atoms with Gasteiger partial charge in [0, 0.05) is 23.9 Å². The van der Waals surface area contributed by atoms with E-state index in [4.69, 9.17) is 10.7 Å². The van der Waals surface area contributed by atoms with Crippen LogP contribution in [0.1, 0.15) is 54.1 Å². The summed E-state index contributed by atoms with van der Waals surface area (Å²) in [6.07, 6.45) is 7.12. The number of carbonyl (C=O) groups is 1. The summed E-state index contributed by atoms with van der Waals surface area (Å²) in [5.41, 5.74) is 7.05. The fourth-order valence-electron chi connectivity index (χ4n) is 3.21. The second-order valence-corrected chi connectivity index (χ2v) is 7.16. The van der Waals surface area contributed by atoms with Gasteiger partial charge < -0.3 is 10.6 Å². The molecule has 1 aliphatic carbocycles. The maximum atomic E-state index is 12.1. The molecule has 0 radical (unpaired) electrons. The van der Waals surface area contributed by atoms with E-state index >= 15 is 0 Å². The van der Waals surface area contributed by atoms with Crippen molar-refractivity contribution >= 4 is 17.2 Å². The lowest BCUT2D eigenvalue weighted by Gasteiger charge is -2.32. The summed E-state index contributed by atoms with van der Waals surface area (Å²) in [5, 5.41) is 1.25. The van der Waals surface area contributed by atoms with Crippen LogP contribution in [0.15, 0.2) is 0 Å². The Labute approximate surface area is 124 Å². The summed E-state index contributed by atoms with van der Waals surface area (Å²) in [6.45, 7) is 3.42. The molecule has 2 atom stereocenters. The van der Waals surface area contributed by atoms with E-state index < -0.39 is 6.04 Å². The zero-order valence-corrected chi connectivity index (χ0v) is 12.9. The lowest BCUT2D eigenvalue weighted by molar-refractivity contribution is -0.133. The number of amides is 1. The summed E-state index contributed by atoms with van der Waals surface area (Å²) in [4.78, 5) is 20.3. The maximum Gasteiger partial charge on any atom is 0.239 e. The number of hydrogen-bond acceptors (Lipinski definition) is 4. The van der Waals surface area contributed by atoms with Crippen LogP contribution in [0.5, 0.6) is 0 Å². The van der Waals surface area contributed by atoms with Gasteiger partial charge in [-0.3, -0.25) is 4.79 Å². The van der Waals surface area contributed by atoms with Gasteiger partial charge in [-0.1, -0.05) is 0 Å². The molecule has 2 N–H and O–H groups in total. The molecule has 110 valence electrons. The van der Waals surface area contributed by atoms with Gasteiger partial charge in [0.2, 0.25) is 5.91 Å². The SMILES string of the molecule is C[C@@H](N)C(=O)N1CCC[C@@H](c2nc3c(s2)CCCC3)C1. The van der Waals surface area contributed by atoms with Gasteiger partial charge in [0.05, 0.1) is 16.7 Å². The van der Waals surface area contributed by atoms with Crippen molar-refractivity contribution in [3.63, 3.8) is 0 Å². The lowest BCUT2D eigenvalue weighted by Crippen LogP contribution is -2.46. The summed E-state index contributed by atoms with van der Waals surface area (Å²) < 4.78 is 0. The van der Waals surface area contributed by atoms with Gasteiger partial charge in [0.25, 0.3) is 0 Å². The van der Waals surface area contributed by atoms with Crippen molar-refractivity contribution in [1.29, 1.82) is 0 Å². The molecule has 0 unspecified atom stereocenters. The van der Waals surface area contributed by atoms with Crippen molar-refractivity contribution in [2.75, 3.05) is 13.1 Å². The second kappa shape index (κ2) is 5.82. The molecular weight excluding hydrogens is 270 g/mol. The van der Waals surface area contributed by atoms with E-state index in [1.165, 1.54) is 34.8 Å². The first-order valence-corrected chi connectivity index (χ1v) is 8.49. The lowest BCUT2D eigenvalue weighted by atomic mass is 9.98. The normalized spacial score (nSPS) is 24.3. The highest BCUT2D eigenvalue weighted by atomic mass is 32.1. The van der Waals surface area contributed by atoms with Gasteiger partial charge in [-0.05, 0) is 45.4 Å². The van der Waals surface area contributed by atoms with Gasteiger partial charge in [0.15, 0.2) is 0 Å². The second-order valence-electron chi connectivity index (χ2n) is 6.04. The van der Waals surface area contributed by atoms with Crippen LogP contribution in [-0.4, -0.2) is 34.9 Å². The topological polar surface area (TPSA) is 59.2 Å². The van der Waals surface area contributed by atoms with Crippen LogP contribution in [0.2, 0.25) is 0 Å². The number of likely N-dealkylation sites (tertiary alicyclic amines) is 1. The van der Waals surface area contributed by atoms with E-state index in [1.807, 2.05) is 16.2 Å². The number of piperidine rings is 1. The van der Waals surface area contributed by atoms with Gasteiger partial charge in [-0.15, -0.1) is 11.3 Å². The highest BCUT2D eigenvalue weighted by Gasteiger charge is 2.29. The van der Waals surface area contributed by atoms with Gasteiger partial charge in [-0.2, -0.15) is 0 Å². The molecule has 1 amide bonds. The number of fused-ring (bicyclic) bond motifs is 1. The Morgan fingerprint density at radius 2 is 2.20 bits per heavy atom. The quantitative estimate of drug-likeness (QED) is 0.908. The molecule has 0 aromatic carbocycles. The minimum Gasteiger partial charge on any atom is -0.341 e. The molecule has 0 spiro atoms. The Bertz CT molecular complexity index is 474. The Morgan fingerprint density at radius 3 is 2.95 bits per heavy atom. The van der Waals surface area contributed by atoms with Crippen LogP contribution in [-0.2, 0) is 17.6 Å². The van der Waals surface area contributed by atoms with Crippen LogP contribution in [0.3, 0.4) is 0 Å². The van der Waals surface area contributed by atoms with Crippen molar-refractivity contribution in [2.24, 2.45) is 5.73 Å². The largest absolute Gasteiger partial charge is 0.341 e. The predicted molar refractivity (Wildman–Crippen MR) is 81.0 cm³/mol. The standard InChI is InChI=1S/C15H23N3OS/c1-10(16)15(19)18-8-4-5-11(9-18)14-17-12-6-2-3-7-13(12)20-14/h10-11H,2-9,16H2,1H3/t10-,11-/m1/s1. The molecule has 3 rings (SSSR count). The molecule has 20 heavy (non-hydrogen) atoms. The molecule has 1 aliphatic heterocycles. The van der Waals surface area contributed by atoms with E-state index in [0.29, 0.717) is 5.92 Å².